The largest absolute Gasteiger partial charge is 0.325 e. The van der Waals surface area contributed by atoms with Crippen LogP contribution in [0.5, 0.6) is 0 Å². The Morgan fingerprint density at radius 1 is 1.04 bits per heavy atom. The molecule has 0 aliphatic rings. The number of rotatable bonds is 7. The minimum absolute atomic E-state index is 0.0191. The highest BCUT2D eigenvalue weighted by atomic mass is 35.5. The number of amides is 1. The Hall–Kier alpha value is -2.14. The summed E-state index contributed by atoms with van der Waals surface area (Å²) >= 11 is 7.53. The van der Waals surface area contributed by atoms with Gasteiger partial charge in [0, 0.05) is 5.69 Å². The first-order valence-electron chi connectivity index (χ1n) is 8.57. The number of benzene rings is 2. The number of thiophene rings is 1. The van der Waals surface area contributed by atoms with Crippen LogP contribution in [0.2, 0.25) is 4.34 Å². The second kappa shape index (κ2) is 8.99. The smallest absolute Gasteiger partial charge is 0.279 e. The van der Waals surface area contributed by atoms with Crippen LogP contribution in [0.4, 0.5) is 5.69 Å². The van der Waals surface area contributed by atoms with E-state index in [1.54, 1.807) is 11.3 Å². The summed E-state index contributed by atoms with van der Waals surface area (Å²) in [5, 5.41) is 3.07. The number of hydrogen-bond acceptors (Lipinski definition) is 2. The van der Waals surface area contributed by atoms with Gasteiger partial charge in [0.1, 0.15) is 6.54 Å². The van der Waals surface area contributed by atoms with Gasteiger partial charge in [-0.3, -0.25) is 4.79 Å². The first kappa shape index (κ1) is 18.6. The number of para-hydroxylation sites is 1. The van der Waals surface area contributed by atoms with Gasteiger partial charge in [-0.1, -0.05) is 60.1 Å². The molecule has 0 radical (unpaired) electrons. The molecule has 0 saturated carbocycles. The SMILES string of the molecule is C[NH+](CC(=O)Nc1ccccc1Cc1ccccc1)Cc1ccc(Cl)s1. The minimum atomic E-state index is 0.0191. The van der Waals surface area contributed by atoms with Gasteiger partial charge in [0.25, 0.3) is 5.91 Å². The van der Waals surface area contributed by atoms with Gasteiger partial charge in [0.05, 0.1) is 16.3 Å². The number of quaternary nitrogens is 1. The summed E-state index contributed by atoms with van der Waals surface area (Å²) in [6.07, 6.45) is 0.799. The first-order valence-corrected chi connectivity index (χ1v) is 9.77. The van der Waals surface area contributed by atoms with E-state index in [1.807, 2.05) is 55.6 Å². The molecule has 1 aromatic heterocycles. The Kier molecular flexibility index (Phi) is 6.45. The predicted octanol–water partition coefficient (Wildman–Crippen LogP) is 3.65. The number of carbonyl (C=O) groups excluding carboxylic acids is 1. The fourth-order valence-electron chi connectivity index (χ4n) is 2.89. The van der Waals surface area contributed by atoms with Gasteiger partial charge in [-0.2, -0.15) is 0 Å². The lowest BCUT2D eigenvalue weighted by Crippen LogP contribution is -3.08. The van der Waals surface area contributed by atoms with Crippen molar-refractivity contribution < 1.29 is 9.69 Å². The van der Waals surface area contributed by atoms with Crippen molar-refractivity contribution in [2.75, 3.05) is 18.9 Å². The van der Waals surface area contributed by atoms with Crippen molar-refractivity contribution in [3.05, 3.63) is 87.1 Å². The van der Waals surface area contributed by atoms with Crippen molar-refractivity contribution in [1.82, 2.24) is 0 Å². The highest BCUT2D eigenvalue weighted by molar-refractivity contribution is 7.16. The van der Waals surface area contributed by atoms with Gasteiger partial charge in [-0.25, -0.2) is 0 Å². The van der Waals surface area contributed by atoms with Gasteiger partial charge in [0.2, 0.25) is 0 Å². The van der Waals surface area contributed by atoms with Crippen LogP contribution >= 0.6 is 22.9 Å². The maximum absolute atomic E-state index is 12.5. The molecule has 0 aliphatic heterocycles. The summed E-state index contributed by atoms with van der Waals surface area (Å²) in [4.78, 5) is 14.8. The molecular weight excluding hydrogens is 364 g/mol. The lowest BCUT2D eigenvalue weighted by Gasteiger charge is -2.15. The van der Waals surface area contributed by atoms with Crippen LogP contribution in [0.1, 0.15) is 16.0 Å². The molecule has 134 valence electrons. The average Bonchev–Trinajstić information content (AvgIpc) is 3.02. The molecule has 1 heterocycles. The number of carbonyl (C=O) groups is 1. The zero-order valence-corrected chi connectivity index (χ0v) is 16.2. The second-order valence-corrected chi connectivity index (χ2v) is 8.18. The molecule has 0 spiro atoms. The van der Waals surface area contributed by atoms with Crippen molar-refractivity contribution in [2.24, 2.45) is 0 Å². The average molecular weight is 386 g/mol. The topological polar surface area (TPSA) is 33.5 Å². The Balaban J connectivity index is 1.60. The summed E-state index contributed by atoms with van der Waals surface area (Å²) in [5.74, 6) is 0.0191. The third-order valence-electron chi connectivity index (χ3n) is 4.10. The molecule has 3 rings (SSSR count). The normalized spacial score (nSPS) is 11.9. The summed E-state index contributed by atoms with van der Waals surface area (Å²) in [6.45, 7) is 1.20. The Bertz CT molecular complexity index is 863. The number of halogens is 1. The molecule has 1 amide bonds. The standard InChI is InChI=1S/C21H21ClN2OS/c1-24(14-18-11-12-20(22)26-18)15-21(25)23-19-10-6-5-9-17(19)13-16-7-3-2-4-8-16/h2-12H,13-15H2,1H3,(H,23,25)/p+1. The Morgan fingerprint density at radius 3 is 2.50 bits per heavy atom. The van der Waals surface area contributed by atoms with Crippen molar-refractivity contribution in [3.8, 4) is 0 Å². The van der Waals surface area contributed by atoms with Crippen LogP contribution < -0.4 is 10.2 Å². The summed E-state index contributed by atoms with van der Waals surface area (Å²) in [7, 11) is 2.02. The second-order valence-electron chi connectivity index (χ2n) is 6.38. The summed E-state index contributed by atoms with van der Waals surface area (Å²) in [6, 6.07) is 22.2. The molecule has 1 atom stereocenters. The number of nitrogens with one attached hydrogen (secondary N) is 2. The van der Waals surface area contributed by atoms with Crippen molar-refractivity contribution >= 4 is 34.5 Å². The molecule has 3 aromatic rings. The minimum Gasteiger partial charge on any atom is -0.325 e. The molecule has 0 fully saturated rings. The first-order chi connectivity index (χ1) is 12.6. The molecule has 1 unspecified atom stereocenters. The van der Waals surface area contributed by atoms with Crippen molar-refractivity contribution in [1.29, 1.82) is 0 Å². The van der Waals surface area contributed by atoms with Crippen LogP contribution in [0.3, 0.4) is 0 Å². The Labute approximate surface area is 163 Å². The fraction of sp³-hybridized carbons (Fsp3) is 0.190. The molecule has 0 saturated heterocycles. The van der Waals surface area contributed by atoms with Crippen LogP contribution in [0.25, 0.3) is 0 Å². The van der Waals surface area contributed by atoms with E-state index in [9.17, 15) is 4.79 Å². The number of likely N-dealkylation sites (N-methyl/N-ethyl adjacent to an activating group) is 1. The fourth-order valence-corrected chi connectivity index (χ4v) is 4.09. The molecule has 5 heteroatoms. The predicted molar refractivity (Wildman–Crippen MR) is 109 cm³/mol. The van der Waals surface area contributed by atoms with Gasteiger partial charge in [0.15, 0.2) is 6.54 Å². The van der Waals surface area contributed by atoms with Gasteiger partial charge >= 0.3 is 0 Å². The third kappa shape index (κ3) is 5.43. The number of hydrogen-bond donors (Lipinski definition) is 2. The number of anilines is 1. The van der Waals surface area contributed by atoms with Crippen molar-refractivity contribution in [3.63, 3.8) is 0 Å². The van der Waals surface area contributed by atoms with E-state index in [1.165, 1.54) is 10.4 Å². The third-order valence-corrected chi connectivity index (χ3v) is 5.33. The van der Waals surface area contributed by atoms with E-state index in [-0.39, 0.29) is 5.91 Å². The van der Waals surface area contributed by atoms with Crippen LogP contribution in [-0.4, -0.2) is 19.5 Å². The summed E-state index contributed by atoms with van der Waals surface area (Å²) in [5.41, 5.74) is 3.23. The van der Waals surface area contributed by atoms with E-state index >= 15 is 0 Å². The zero-order valence-electron chi connectivity index (χ0n) is 14.7. The summed E-state index contributed by atoms with van der Waals surface area (Å²) < 4.78 is 0.784. The maximum atomic E-state index is 12.5. The molecule has 3 nitrogen and oxygen atoms in total. The van der Waals surface area contributed by atoms with E-state index < -0.39 is 0 Å². The van der Waals surface area contributed by atoms with Crippen LogP contribution in [0, 0.1) is 0 Å². The molecule has 26 heavy (non-hydrogen) atoms. The molecule has 0 aliphatic carbocycles. The highest BCUT2D eigenvalue weighted by Crippen LogP contribution is 2.20. The molecule has 0 bridgehead atoms. The lowest BCUT2D eigenvalue weighted by atomic mass is 10.0. The Morgan fingerprint density at radius 2 is 1.77 bits per heavy atom. The van der Waals surface area contributed by atoms with Crippen molar-refractivity contribution in [2.45, 2.75) is 13.0 Å². The lowest BCUT2D eigenvalue weighted by molar-refractivity contribution is -0.884. The van der Waals surface area contributed by atoms with Gasteiger partial charge < -0.3 is 10.2 Å². The molecule has 2 N–H and O–H groups in total. The van der Waals surface area contributed by atoms with E-state index in [0.29, 0.717) is 6.54 Å². The molecule has 2 aromatic carbocycles. The molecular formula is C21H22ClN2OS+. The zero-order chi connectivity index (χ0) is 18.4. The quantitative estimate of drug-likeness (QED) is 0.639. The van der Waals surface area contributed by atoms with Gasteiger partial charge in [-0.15, -0.1) is 11.3 Å². The van der Waals surface area contributed by atoms with E-state index in [0.717, 1.165) is 33.5 Å². The van der Waals surface area contributed by atoms with Crippen LogP contribution in [-0.2, 0) is 17.8 Å². The van der Waals surface area contributed by atoms with Gasteiger partial charge in [-0.05, 0) is 35.7 Å². The van der Waals surface area contributed by atoms with E-state index in [4.69, 9.17) is 11.6 Å². The highest BCUT2D eigenvalue weighted by Gasteiger charge is 2.13. The van der Waals surface area contributed by atoms with E-state index in [2.05, 4.69) is 23.5 Å². The maximum Gasteiger partial charge on any atom is 0.279 e. The van der Waals surface area contributed by atoms with Crippen LogP contribution in [0.15, 0.2) is 66.7 Å². The monoisotopic (exact) mass is 385 g/mol.